The summed E-state index contributed by atoms with van der Waals surface area (Å²) in [5, 5.41) is 13.5. The molecule has 0 radical (unpaired) electrons. The van der Waals surface area contributed by atoms with Gasteiger partial charge < -0.3 is 10.4 Å². The van der Waals surface area contributed by atoms with Crippen LogP contribution in [0.5, 0.6) is 0 Å². The second kappa shape index (κ2) is 6.16. The van der Waals surface area contributed by atoms with Gasteiger partial charge in [-0.05, 0) is 43.4 Å². The van der Waals surface area contributed by atoms with Crippen LogP contribution in [0.25, 0.3) is 10.9 Å². The fourth-order valence-corrected chi connectivity index (χ4v) is 3.41. The minimum absolute atomic E-state index is 0.181. The molecule has 2 aromatic rings. The zero-order chi connectivity index (χ0) is 14.8. The quantitative estimate of drug-likeness (QED) is 0.897. The van der Waals surface area contributed by atoms with E-state index in [2.05, 4.69) is 10.3 Å². The Morgan fingerprint density at radius 3 is 3.00 bits per heavy atom. The Hall–Kier alpha value is -1.39. The number of hydrogen-bond donors (Lipinski definition) is 2. The number of aliphatic hydroxyl groups is 1. The molecule has 2 N–H and O–H groups in total. The highest BCUT2D eigenvalue weighted by Crippen LogP contribution is 2.33. The average molecular weight is 309 g/mol. The van der Waals surface area contributed by atoms with Crippen LogP contribution in [0.4, 0.5) is 10.1 Å². The van der Waals surface area contributed by atoms with Gasteiger partial charge in [-0.15, -0.1) is 0 Å². The van der Waals surface area contributed by atoms with Gasteiger partial charge in [-0.3, -0.25) is 4.98 Å². The molecule has 1 saturated carbocycles. The SMILES string of the molecule is OCCC1CCCC1Nc1ccc2c(Cl)ccnc2c1F. The molecular weight excluding hydrogens is 291 g/mol. The molecule has 1 fully saturated rings. The normalized spacial score (nSPS) is 21.9. The van der Waals surface area contributed by atoms with Crippen LogP contribution in [0.2, 0.25) is 5.02 Å². The standard InChI is InChI=1S/C16H18ClFN2O/c17-12-6-8-19-16-11(12)4-5-14(15(16)18)20-13-3-1-2-10(13)7-9-21/h4-6,8,10,13,20-21H,1-3,7,9H2. The summed E-state index contributed by atoms with van der Waals surface area (Å²) in [5.41, 5.74) is 0.760. The summed E-state index contributed by atoms with van der Waals surface area (Å²) in [7, 11) is 0. The molecular formula is C16H18ClFN2O. The lowest BCUT2D eigenvalue weighted by molar-refractivity contribution is 0.254. The number of pyridine rings is 1. The van der Waals surface area contributed by atoms with Crippen molar-refractivity contribution in [3.05, 3.63) is 35.2 Å². The summed E-state index contributed by atoms with van der Waals surface area (Å²) >= 11 is 6.06. The predicted octanol–water partition coefficient (Wildman–Crippen LogP) is 3.99. The maximum Gasteiger partial charge on any atom is 0.172 e. The summed E-state index contributed by atoms with van der Waals surface area (Å²) in [6, 6.07) is 5.39. The molecule has 1 aliphatic rings. The second-order valence-corrected chi connectivity index (χ2v) is 5.98. The van der Waals surface area contributed by atoms with Crippen LogP contribution < -0.4 is 5.32 Å². The molecule has 1 aliphatic carbocycles. The van der Waals surface area contributed by atoms with Crippen LogP contribution in [-0.4, -0.2) is 22.7 Å². The molecule has 1 aromatic carbocycles. The molecule has 2 unspecified atom stereocenters. The molecule has 0 spiro atoms. The van der Waals surface area contributed by atoms with Gasteiger partial charge >= 0.3 is 0 Å². The van der Waals surface area contributed by atoms with Gasteiger partial charge in [0, 0.05) is 24.2 Å². The van der Waals surface area contributed by atoms with Crippen molar-refractivity contribution in [2.75, 3.05) is 11.9 Å². The van der Waals surface area contributed by atoms with Gasteiger partial charge in [-0.2, -0.15) is 0 Å². The zero-order valence-corrected chi connectivity index (χ0v) is 12.4. The van der Waals surface area contributed by atoms with E-state index in [0.29, 0.717) is 27.5 Å². The van der Waals surface area contributed by atoms with E-state index in [-0.39, 0.29) is 18.5 Å². The van der Waals surface area contributed by atoms with Crippen molar-refractivity contribution in [1.29, 1.82) is 0 Å². The summed E-state index contributed by atoms with van der Waals surface area (Å²) in [5.74, 6) is 0.0436. The molecule has 5 heteroatoms. The largest absolute Gasteiger partial charge is 0.396 e. The fourth-order valence-electron chi connectivity index (χ4n) is 3.20. The van der Waals surface area contributed by atoms with E-state index in [0.717, 1.165) is 25.7 Å². The van der Waals surface area contributed by atoms with Crippen LogP contribution in [0.1, 0.15) is 25.7 Å². The first-order valence-corrected chi connectivity index (χ1v) is 7.68. The highest BCUT2D eigenvalue weighted by molar-refractivity contribution is 6.35. The van der Waals surface area contributed by atoms with Gasteiger partial charge in [0.05, 0.1) is 10.7 Å². The Balaban J connectivity index is 1.89. The smallest absolute Gasteiger partial charge is 0.172 e. The Bertz CT molecular complexity index is 649. The molecule has 1 heterocycles. The number of nitrogens with one attached hydrogen (secondary N) is 1. The van der Waals surface area contributed by atoms with Crippen LogP contribution in [0, 0.1) is 11.7 Å². The predicted molar refractivity (Wildman–Crippen MR) is 83.2 cm³/mol. The van der Waals surface area contributed by atoms with Gasteiger partial charge in [0.1, 0.15) is 5.52 Å². The Morgan fingerprint density at radius 1 is 1.33 bits per heavy atom. The molecule has 3 nitrogen and oxygen atoms in total. The Labute approximate surface area is 128 Å². The van der Waals surface area contributed by atoms with Crippen molar-refractivity contribution in [2.24, 2.45) is 5.92 Å². The minimum Gasteiger partial charge on any atom is -0.396 e. The Kier molecular flexibility index (Phi) is 4.27. The lowest BCUT2D eigenvalue weighted by atomic mass is 9.99. The van der Waals surface area contributed by atoms with E-state index in [9.17, 15) is 4.39 Å². The molecule has 2 atom stereocenters. The highest BCUT2D eigenvalue weighted by atomic mass is 35.5. The number of benzene rings is 1. The minimum atomic E-state index is -0.357. The number of nitrogens with zero attached hydrogens (tertiary/aromatic N) is 1. The molecule has 0 aliphatic heterocycles. The molecule has 0 bridgehead atoms. The molecule has 112 valence electrons. The summed E-state index contributed by atoms with van der Waals surface area (Å²) < 4.78 is 14.6. The van der Waals surface area contributed by atoms with Crippen LogP contribution >= 0.6 is 11.6 Å². The number of aliphatic hydroxyl groups excluding tert-OH is 1. The van der Waals surface area contributed by atoms with Crippen LogP contribution in [-0.2, 0) is 0 Å². The first-order valence-electron chi connectivity index (χ1n) is 7.31. The monoisotopic (exact) mass is 308 g/mol. The van der Waals surface area contributed by atoms with E-state index in [1.54, 1.807) is 18.2 Å². The third-order valence-corrected chi connectivity index (χ3v) is 4.63. The molecule has 21 heavy (non-hydrogen) atoms. The number of hydrogen-bond acceptors (Lipinski definition) is 3. The van der Waals surface area contributed by atoms with Gasteiger partial charge in [0.15, 0.2) is 5.82 Å². The number of aromatic nitrogens is 1. The van der Waals surface area contributed by atoms with Gasteiger partial charge in [-0.1, -0.05) is 18.0 Å². The summed E-state index contributed by atoms with van der Waals surface area (Å²) in [6.07, 6.45) is 5.48. The lowest BCUT2D eigenvalue weighted by Gasteiger charge is -2.22. The molecule has 0 amide bonds. The number of fused-ring (bicyclic) bond motifs is 1. The van der Waals surface area contributed by atoms with Crippen molar-refractivity contribution in [3.8, 4) is 0 Å². The maximum absolute atomic E-state index is 14.6. The van der Waals surface area contributed by atoms with E-state index >= 15 is 0 Å². The van der Waals surface area contributed by atoms with Crippen molar-refractivity contribution in [1.82, 2.24) is 4.98 Å². The lowest BCUT2D eigenvalue weighted by Crippen LogP contribution is -2.25. The Morgan fingerprint density at radius 2 is 2.19 bits per heavy atom. The van der Waals surface area contributed by atoms with Gasteiger partial charge in [-0.25, -0.2) is 4.39 Å². The summed E-state index contributed by atoms with van der Waals surface area (Å²) in [4.78, 5) is 4.09. The van der Waals surface area contributed by atoms with Crippen LogP contribution in [0.3, 0.4) is 0 Å². The van der Waals surface area contributed by atoms with E-state index in [4.69, 9.17) is 16.7 Å². The fraction of sp³-hybridized carbons (Fsp3) is 0.438. The van der Waals surface area contributed by atoms with Gasteiger partial charge in [0.25, 0.3) is 0 Å². The van der Waals surface area contributed by atoms with Crippen molar-refractivity contribution < 1.29 is 9.50 Å². The first-order chi connectivity index (χ1) is 10.2. The van der Waals surface area contributed by atoms with Crippen molar-refractivity contribution in [2.45, 2.75) is 31.7 Å². The first kappa shape index (κ1) is 14.5. The molecule has 1 aromatic heterocycles. The second-order valence-electron chi connectivity index (χ2n) is 5.57. The molecule has 3 rings (SSSR count). The highest BCUT2D eigenvalue weighted by Gasteiger charge is 2.27. The number of halogens is 2. The number of anilines is 1. The topological polar surface area (TPSA) is 45.1 Å². The van der Waals surface area contributed by atoms with Crippen molar-refractivity contribution in [3.63, 3.8) is 0 Å². The third-order valence-electron chi connectivity index (χ3n) is 4.30. The average Bonchev–Trinajstić information content (AvgIpc) is 2.90. The van der Waals surface area contributed by atoms with E-state index in [1.807, 2.05) is 0 Å². The third kappa shape index (κ3) is 2.83. The zero-order valence-electron chi connectivity index (χ0n) is 11.6. The number of rotatable bonds is 4. The van der Waals surface area contributed by atoms with Gasteiger partial charge in [0.2, 0.25) is 0 Å². The van der Waals surface area contributed by atoms with Crippen molar-refractivity contribution >= 4 is 28.2 Å². The maximum atomic E-state index is 14.6. The summed E-state index contributed by atoms with van der Waals surface area (Å²) in [6.45, 7) is 0.181. The molecule has 0 saturated heterocycles. The van der Waals surface area contributed by atoms with Crippen LogP contribution in [0.15, 0.2) is 24.4 Å². The van der Waals surface area contributed by atoms with E-state index < -0.39 is 0 Å². The van der Waals surface area contributed by atoms with E-state index in [1.165, 1.54) is 6.20 Å².